The molecule has 0 bridgehead atoms. The molecule has 3 aromatic rings. The second kappa shape index (κ2) is 7.52. The highest BCUT2D eigenvalue weighted by Gasteiger charge is 2.32. The van der Waals surface area contributed by atoms with Gasteiger partial charge in [0.25, 0.3) is 0 Å². The van der Waals surface area contributed by atoms with Gasteiger partial charge in [-0.2, -0.15) is 0 Å². The number of ketones is 2. The van der Waals surface area contributed by atoms with Gasteiger partial charge in [0.1, 0.15) is 18.2 Å². The van der Waals surface area contributed by atoms with Crippen LogP contribution in [0.4, 0.5) is 4.39 Å². The van der Waals surface area contributed by atoms with Crippen LogP contribution in [0.1, 0.15) is 31.8 Å². The number of carbonyl (C=O) groups excluding carboxylic acids is 2. The smallest absolute Gasteiger partial charge is 0.197 e. The van der Waals surface area contributed by atoms with Gasteiger partial charge in [-0.1, -0.05) is 58.4 Å². The summed E-state index contributed by atoms with van der Waals surface area (Å²) in [6.07, 6.45) is 1.53. The van der Waals surface area contributed by atoms with Crippen molar-refractivity contribution in [1.82, 2.24) is 0 Å². The van der Waals surface area contributed by atoms with Crippen molar-refractivity contribution in [2.45, 2.75) is 6.61 Å². The molecule has 3 nitrogen and oxygen atoms in total. The average molecular weight is 437 g/mol. The Kier molecular flexibility index (Phi) is 4.92. The summed E-state index contributed by atoms with van der Waals surface area (Å²) in [6, 6.07) is 18.4. The lowest BCUT2D eigenvalue weighted by molar-refractivity contribution is 0.0990. The molecule has 0 unspecified atom stereocenters. The summed E-state index contributed by atoms with van der Waals surface area (Å²) < 4.78 is 20.4. The number of carbonyl (C=O) groups is 2. The Bertz CT molecular complexity index is 1100. The molecule has 0 spiro atoms. The molecule has 0 saturated carbocycles. The number of hydrogen-bond donors (Lipinski definition) is 0. The molecule has 3 aromatic carbocycles. The summed E-state index contributed by atoms with van der Waals surface area (Å²) in [7, 11) is 0. The molecule has 4 rings (SSSR count). The summed E-state index contributed by atoms with van der Waals surface area (Å²) in [5.74, 6) is -0.507. The minimum absolute atomic E-state index is 0.0343. The number of allylic oxidation sites excluding steroid dienone is 1. The van der Waals surface area contributed by atoms with Gasteiger partial charge in [0.2, 0.25) is 0 Å². The molecule has 0 amide bonds. The third-order valence-electron chi connectivity index (χ3n) is 4.52. The van der Waals surface area contributed by atoms with Crippen molar-refractivity contribution >= 4 is 33.6 Å². The van der Waals surface area contributed by atoms with Gasteiger partial charge in [0.15, 0.2) is 11.6 Å². The SMILES string of the molecule is O=C1C(=Cc2cc(Br)ccc2OCc2ccccc2F)C(=O)c2ccccc21. The summed E-state index contributed by atoms with van der Waals surface area (Å²) >= 11 is 3.40. The lowest BCUT2D eigenvalue weighted by Crippen LogP contribution is -2.02. The van der Waals surface area contributed by atoms with E-state index in [1.165, 1.54) is 12.1 Å². The minimum Gasteiger partial charge on any atom is -0.488 e. The monoisotopic (exact) mass is 436 g/mol. The van der Waals surface area contributed by atoms with Gasteiger partial charge >= 0.3 is 0 Å². The van der Waals surface area contributed by atoms with Crippen molar-refractivity contribution in [1.29, 1.82) is 0 Å². The normalized spacial score (nSPS) is 12.9. The Labute approximate surface area is 169 Å². The molecular formula is C23H14BrFO3. The maximum absolute atomic E-state index is 13.8. The molecular weight excluding hydrogens is 423 g/mol. The first-order valence-corrected chi connectivity index (χ1v) is 9.40. The highest BCUT2D eigenvalue weighted by atomic mass is 79.9. The van der Waals surface area contributed by atoms with Crippen molar-refractivity contribution < 1.29 is 18.7 Å². The Hall–Kier alpha value is -3.05. The molecule has 0 atom stereocenters. The van der Waals surface area contributed by atoms with E-state index in [2.05, 4.69) is 15.9 Å². The number of benzene rings is 3. The molecule has 138 valence electrons. The Balaban J connectivity index is 1.68. The van der Waals surface area contributed by atoms with Gasteiger partial charge in [0, 0.05) is 26.7 Å². The highest BCUT2D eigenvalue weighted by Crippen LogP contribution is 2.31. The Morgan fingerprint density at radius 1 is 0.893 bits per heavy atom. The first-order valence-electron chi connectivity index (χ1n) is 8.60. The molecule has 5 heteroatoms. The first kappa shape index (κ1) is 18.3. The van der Waals surface area contributed by atoms with Gasteiger partial charge in [-0.15, -0.1) is 0 Å². The number of ether oxygens (including phenoxy) is 1. The van der Waals surface area contributed by atoms with Gasteiger partial charge in [-0.3, -0.25) is 9.59 Å². The number of Topliss-reactive ketones (excluding diaryl/α,β-unsaturated/α-hetero) is 2. The summed E-state index contributed by atoms with van der Waals surface area (Å²) in [5.41, 5.74) is 1.89. The van der Waals surface area contributed by atoms with E-state index in [0.29, 0.717) is 28.0 Å². The Morgan fingerprint density at radius 3 is 2.21 bits per heavy atom. The summed E-state index contributed by atoms with van der Waals surface area (Å²) in [4.78, 5) is 25.3. The van der Waals surface area contributed by atoms with E-state index in [0.717, 1.165) is 4.47 Å². The molecule has 28 heavy (non-hydrogen) atoms. The van der Waals surface area contributed by atoms with E-state index >= 15 is 0 Å². The fourth-order valence-electron chi connectivity index (χ4n) is 3.09. The maximum Gasteiger partial charge on any atom is 0.197 e. The van der Waals surface area contributed by atoms with E-state index in [1.807, 2.05) is 0 Å². The lowest BCUT2D eigenvalue weighted by Gasteiger charge is -2.11. The number of rotatable bonds is 4. The number of halogens is 2. The molecule has 0 radical (unpaired) electrons. The predicted octanol–water partition coefficient (Wildman–Crippen LogP) is 5.63. The predicted molar refractivity (Wildman–Crippen MR) is 108 cm³/mol. The van der Waals surface area contributed by atoms with Crippen molar-refractivity contribution in [3.8, 4) is 5.75 Å². The third kappa shape index (κ3) is 3.41. The van der Waals surface area contributed by atoms with Crippen LogP contribution < -0.4 is 4.74 Å². The van der Waals surface area contributed by atoms with Crippen molar-refractivity contribution in [2.75, 3.05) is 0 Å². The quantitative estimate of drug-likeness (QED) is 0.393. The van der Waals surface area contributed by atoms with E-state index in [4.69, 9.17) is 4.74 Å². The topological polar surface area (TPSA) is 43.4 Å². The molecule has 1 aliphatic rings. The highest BCUT2D eigenvalue weighted by molar-refractivity contribution is 9.10. The van der Waals surface area contributed by atoms with Crippen LogP contribution in [0.2, 0.25) is 0 Å². The van der Waals surface area contributed by atoms with Crippen LogP contribution >= 0.6 is 15.9 Å². The molecule has 0 heterocycles. The Morgan fingerprint density at radius 2 is 1.54 bits per heavy atom. The summed E-state index contributed by atoms with van der Waals surface area (Å²) in [6.45, 7) is 0.0343. The second-order valence-corrected chi connectivity index (χ2v) is 7.24. The number of hydrogen-bond acceptors (Lipinski definition) is 3. The first-order chi connectivity index (χ1) is 13.5. The van der Waals surface area contributed by atoms with Crippen LogP contribution in [-0.2, 0) is 6.61 Å². The fraction of sp³-hybridized carbons (Fsp3) is 0.0435. The molecule has 1 aliphatic carbocycles. The van der Waals surface area contributed by atoms with Crippen LogP contribution in [0.3, 0.4) is 0 Å². The zero-order chi connectivity index (χ0) is 19.7. The fourth-order valence-corrected chi connectivity index (χ4v) is 3.47. The second-order valence-electron chi connectivity index (χ2n) is 6.32. The lowest BCUT2D eigenvalue weighted by atomic mass is 10.1. The van der Waals surface area contributed by atoms with Gasteiger partial charge in [-0.25, -0.2) is 4.39 Å². The van der Waals surface area contributed by atoms with Crippen molar-refractivity contribution in [3.63, 3.8) is 0 Å². The maximum atomic E-state index is 13.8. The van der Waals surface area contributed by atoms with Crippen LogP contribution in [0, 0.1) is 5.82 Å². The molecule has 0 fully saturated rings. The van der Waals surface area contributed by atoms with E-state index in [-0.39, 0.29) is 29.6 Å². The molecule has 0 saturated heterocycles. The van der Waals surface area contributed by atoms with E-state index < -0.39 is 0 Å². The van der Waals surface area contributed by atoms with E-state index in [9.17, 15) is 14.0 Å². The zero-order valence-corrected chi connectivity index (χ0v) is 16.2. The standard InChI is InChI=1S/C23H14BrFO3/c24-16-9-10-21(28-13-14-5-1-4-8-20(14)25)15(11-16)12-19-22(26)17-6-2-3-7-18(17)23(19)27/h1-12H,13H2. The zero-order valence-electron chi connectivity index (χ0n) is 14.6. The minimum atomic E-state index is -0.351. The van der Waals surface area contributed by atoms with Crippen molar-refractivity contribution in [2.24, 2.45) is 0 Å². The van der Waals surface area contributed by atoms with Crippen LogP contribution in [0.5, 0.6) is 5.75 Å². The van der Waals surface area contributed by atoms with Crippen LogP contribution in [0.25, 0.3) is 6.08 Å². The van der Waals surface area contributed by atoms with Gasteiger partial charge < -0.3 is 4.74 Å². The van der Waals surface area contributed by atoms with Crippen LogP contribution in [-0.4, -0.2) is 11.6 Å². The van der Waals surface area contributed by atoms with Crippen molar-refractivity contribution in [3.05, 3.63) is 105 Å². The average Bonchev–Trinajstić information content (AvgIpc) is 2.94. The van der Waals surface area contributed by atoms with Gasteiger partial charge in [0.05, 0.1) is 5.57 Å². The van der Waals surface area contributed by atoms with Gasteiger partial charge in [-0.05, 0) is 30.3 Å². The third-order valence-corrected chi connectivity index (χ3v) is 5.01. The van der Waals surface area contributed by atoms with E-state index in [1.54, 1.807) is 60.7 Å². The van der Waals surface area contributed by atoms with Crippen LogP contribution in [0.15, 0.2) is 76.8 Å². The molecule has 0 N–H and O–H groups in total. The molecule has 0 aliphatic heterocycles. The summed E-state index contributed by atoms with van der Waals surface area (Å²) in [5, 5.41) is 0. The number of fused-ring (bicyclic) bond motifs is 1. The molecule has 0 aromatic heterocycles. The largest absolute Gasteiger partial charge is 0.488 e.